The van der Waals surface area contributed by atoms with Gasteiger partial charge in [0, 0.05) is 18.2 Å². The van der Waals surface area contributed by atoms with Crippen molar-refractivity contribution in [3.8, 4) is 17.2 Å². The molecule has 0 aliphatic carbocycles. The molecule has 0 aliphatic rings. The monoisotopic (exact) mass is 273 g/mol. The van der Waals surface area contributed by atoms with Crippen LogP contribution in [0, 0.1) is 6.92 Å². The maximum absolute atomic E-state index is 9.92. The van der Waals surface area contributed by atoms with Crippen LogP contribution < -0.4 is 14.8 Å². The Hall–Kier alpha value is -2.36. The van der Waals surface area contributed by atoms with Crippen LogP contribution in [0.2, 0.25) is 0 Å². The molecular weight excluding hydrogens is 254 g/mol. The fraction of sp³-hybridized carbons (Fsp3) is 0.250. The molecule has 4 nitrogen and oxygen atoms in total. The number of hydrogen-bond acceptors (Lipinski definition) is 4. The van der Waals surface area contributed by atoms with Crippen molar-refractivity contribution >= 4 is 5.69 Å². The lowest BCUT2D eigenvalue weighted by Gasteiger charge is -2.13. The Bertz CT molecular complexity index is 596. The van der Waals surface area contributed by atoms with Gasteiger partial charge in [0.15, 0.2) is 0 Å². The molecule has 0 aliphatic heterocycles. The zero-order valence-electron chi connectivity index (χ0n) is 11.9. The third-order valence-corrected chi connectivity index (χ3v) is 3.12. The van der Waals surface area contributed by atoms with Gasteiger partial charge in [0.1, 0.15) is 17.2 Å². The molecule has 0 spiro atoms. The molecule has 2 rings (SSSR count). The highest BCUT2D eigenvalue weighted by Gasteiger charge is 2.06. The minimum absolute atomic E-state index is 0.211. The number of aromatic hydroxyl groups is 1. The number of phenolic OH excluding ortho intramolecular Hbond substituents is 1. The van der Waals surface area contributed by atoms with Gasteiger partial charge in [-0.3, -0.25) is 0 Å². The van der Waals surface area contributed by atoms with Crippen LogP contribution in [0.1, 0.15) is 11.1 Å². The smallest absolute Gasteiger partial charge is 0.142 e. The quantitative estimate of drug-likeness (QED) is 0.877. The van der Waals surface area contributed by atoms with E-state index in [0.29, 0.717) is 12.3 Å². The van der Waals surface area contributed by atoms with Gasteiger partial charge in [0.2, 0.25) is 0 Å². The molecule has 0 bridgehead atoms. The van der Waals surface area contributed by atoms with E-state index in [-0.39, 0.29) is 5.75 Å². The van der Waals surface area contributed by atoms with Crippen molar-refractivity contribution in [3.63, 3.8) is 0 Å². The van der Waals surface area contributed by atoms with E-state index in [1.807, 2.05) is 37.3 Å². The molecule has 0 radical (unpaired) electrons. The molecule has 106 valence electrons. The van der Waals surface area contributed by atoms with E-state index >= 15 is 0 Å². The standard InChI is InChI=1S/C16H19NO3/c1-11-4-7-14(16(8-11)20-3)17-10-12-5-6-13(19-2)9-15(12)18/h4-9,17-18H,10H2,1-3H3. The lowest BCUT2D eigenvalue weighted by atomic mass is 10.1. The molecule has 0 unspecified atom stereocenters. The second-order valence-corrected chi connectivity index (χ2v) is 4.55. The zero-order chi connectivity index (χ0) is 14.5. The maximum Gasteiger partial charge on any atom is 0.142 e. The molecule has 0 heterocycles. The van der Waals surface area contributed by atoms with E-state index < -0.39 is 0 Å². The van der Waals surface area contributed by atoms with E-state index in [2.05, 4.69) is 5.32 Å². The van der Waals surface area contributed by atoms with Crippen molar-refractivity contribution in [2.45, 2.75) is 13.5 Å². The van der Waals surface area contributed by atoms with Gasteiger partial charge in [-0.05, 0) is 36.8 Å². The summed E-state index contributed by atoms with van der Waals surface area (Å²) in [5.74, 6) is 1.64. The van der Waals surface area contributed by atoms with Gasteiger partial charge in [-0.25, -0.2) is 0 Å². The predicted molar refractivity (Wildman–Crippen MR) is 79.7 cm³/mol. The summed E-state index contributed by atoms with van der Waals surface area (Å²) in [6.45, 7) is 2.52. The van der Waals surface area contributed by atoms with Crippen LogP contribution in [0.15, 0.2) is 36.4 Å². The Morgan fingerprint density at radius 1 is 1.05 bits per heavy atom. The van der Waals surface area contributed by atoms with Crippen LogP contribution in [0.25, 0.3) is 0 Å². The summed E-state index contributed by atoms with van der Waals surface area (Å²) in [4.78, 5) is 0. The first-order chi connectivity index (χ1) is 9.63. The third kappa shape index (κ3) is 3.15. The second-order valence-electron chi connectivity index (χ2n) is 4.55. The van der Waals surface area contributed by atoms with Gasteiger partial charge in [-0.15, -0.1) is 0 Å². The number of rotatable bonds is 5. The molecule has 20 heavy (non-hydrogen) atoms. The van der Waals surface area contributed by atoms with E-state index in [1.54, 1.807) is 20.3 Å². The molecular formula is C16H19NO3. The Morgan fingerprint density at radius 3 is 2.50 bits per heavy atom. The average Bonchev–Trinajstić information content (AvgIpc) is 2.46. The fourth-order valence-electron chi connectivity index (χ4n) is 1.96. The molecule has 0 amide bonds. The predicted octanol–water partition coefficient (Wildman–Crippen LogP) is 3.33. The molecule has 4 heteroatoms. The Balaban J connectivity index is 2.12. The normalized spacial score (nSPS) is 10.2. The number of nitrogens with one attached hydrogen (secondary N) is 1. The van der Waals surface area contributed by atoms with Crippen LogP contribution in [0.5, 0.6) is 17.2 Å². The summed E-state index contributed by atoms with van der Waals surface area (Å²) in [7, 11) is 3.22. The van der Waals surface area contributed by atoms with Crippen molar-refractivity contribution in [2.75, 3.05) is 19.5 Å². The van der Waals surface area contributed by atoms with Gasteiger partial charge < -0.3 is 19.9 Å². The summed E-state index contributed by atoms with van der Waals surface area (Å²) in [6, 6.07) is 11.2. The first-order valence-electron chi connectivity index (χ1n) is 6.38. The van der Waals surface area contributed by atoms with Gasteiger partial charge in [0.05, 0.1) is 19.9 Å². The summed E-state index contributed by atoms with van der Waals surface area (Å²) >= 11 is 0. The Morgan fingerprint density at radius 2 is 1.85 bits per heavy atom. The van der Waals surface area contributed by atoms with Crippen LogP contribution >= 0.6 is 0 Å². The summed E-state index contributed by atoms with van der Waals surface area (Å²) in [5, 5.41) is 13.2. The first kappa shape index (κ1) is 14.1. The largest absolute Gasteiger partial charge is 0.507 e. The highest BCUT2D eigenvalue weighted by atomic mass is 16.5. The van der Waals surface area contributed by atoms with Crippen molar-refractivity contribution in [3.05, 3.63) is 47.5 Å². The van der Waals surface area contributed by atoms with Gasteiger partial charge in [0.25, 0.3) is 0 Å². The molecule has 0 atom stereocenters. The van der Waals surface area contributed by atoms with Crippen LogP contribution in [0.3, 0.4) is 0 Å². The van der Waals surface area contributed by atoms with Crippen LogP contribution in [0.4, 0.5) is 5.69 Å². The third-order valence-electron chi connectivity index (χ3n) is 3.12. The number of aryl methyl sites for hydroxylation is 1. The first-order valence-corrected chi connectivity index (χ1v) is 6.38. The van der Waals surface area contributed by atoms with Crippen molar-refractivity contribution in [1.29, 1.82) is 0 Å². The van der Waals surface area contributed by atoms with Gasteiger partial charge in [-0.1, -0.05) is 6.07 Å². The van der Waals surface area contributed by atoms with E-state index in [4.69, 9.17) is 9.47 Å². The lowest BCUT2D eigenvalue weighted by molar-refractivity contribution is 0.406. The number of methoxy groups -OCH3 is 2. The highest BCUT2D eigenvalue weighted by Crippen LogP contribution is 2.28. The Labute approximate surface area is 119 Å². The number of anilines is 1. The van der Waals surface area contributed by atoms with E-state index in [9.17, 15) is 5.11 Å². The summed E-state index contributed by atoms with van der Waals surface area (Å²) in [5.41, 5.74) is 2.83. The average molecular weight is 273 g/mol. The lowest BCUT2D eigenvalue weighted by Crippen LogP contribution is -2.02. The van der Waals surface area contributed by atoms with Crippen molar-refractivity contribution in [2.24, 2.45) is 0 Å². The maximum atomic E-state index is 9.92. The molecule has 2 aromatic rings. The summed E-state index contributed by atoms with van der Waals surface area (Å²) in [6.07, 6.45) is 0. The fourth-order valence-corrected chi connectivity index (χ4v) is 1.96. The zero-order valence-corrected chi connectivity index (χ0v) is 11.9. The molecule has 0 fully saturated rings. The number of benzene rings is 2. The molecule has 2 N–H and O–H groups in total. The number of phenols is 1. The van der Waals surface area contributed by atoms with Gasteiger partial charge >= 0.3 is 0 Å². The molecule has 0 aromatic heterocycles. The molecule has 2 aromatic carbocycles. The van der Waals surface area contributed by atoms with E-state index in [0.717, 1.165) is 22.6 Å². The van der Waals surface area contributed by atoms with Crippen LogP contribution in [-0.2, 0) is 6.54 Å². The van der Waals surface area contributed by atoms with Crippen molar-refractivity contribution < 1.29 is 14.6 Å². The Kier molecular flexibility index (Phi) is 4.35. The SMILES string of the molecule is COc1ccc(CNc2ccc(C)cc2OC)c(O)c1. The highest BCUT2D eigenvalue weighted by molar-refractivity contribution is 5.58. The topological polar surface area (TPSA) is 50.7 Å². The molecule has 0 saturated carbocycles. The number of ether oxygens (including phenoxy) is 2. The van der Waals surface area contributed by atoms with Crippen LogP contribution in [-0.4, -0.2) is 19.3 Å². The number of hydrogen-bond donors (Lipinski definition) is 2. The summed E-state index contributed by atoms with van der Waals surface area (Å²) < 4.78 is 10.4. The minimum atomic E-state index is 0.211. The second kappa shape index (κ2) is 6.19. The van der Waals surface area contributed by atoms with E-state index in [1.165, 1.54) is 0 Å². The minimum Gasteiger partial charge on any atom is -0.507 e. The molecule has 0 saturated heterocycles. The van der Waals surface area contributed by atoms with Crippen molar-refractivity contribution in [1.82, 2.24) is 0 Å². The van der Waals surface area contributed by atoms with Gasteiger partial charge in [-0.2, -0.15) is 0 Å².